The Labute approximate surface area is 171 Å². The van der Waals surface area contributed by atoms with Crippen LogP contribution in [0.4, 0.5) is 0 Å². The summed E-state index contributed by atoms with van der Waals surface area (Å²) in [5.74, 6) is 2.25. The summed E-state index contributed by atoms with van der Waals surface area (Å²) in [6.07, 6.45) is 12.7. The Bertz CT molecular complexity index is 297. The van der Waals surface area contributed by atoms with Crippen LogP contribution < -0.4 is 10.6 Å². The molecule has 1 aliphatic rings. The third-order valence-corrected chi connectivity index (χ3v) is 4.96. The van der Waals surface area contributed by atoms with Gasteiger partial charge in [0.15, 0.2) is 5.96 Å². The van der Waals surface area contributed by atoms with Crippen LogP contribution in [0.25, 0.3) is 0 Å². The largest absolute Gasteiger partial charge is 0.357 e. The smallest absolute Gasteiger partial charge is 0.191 e. The van der Waals surface area contributed by atoms with E-state index < -0.39 is 0 Å². The van der Waals surface area contributed by atoms with Crippen molar-refractivity contribution in [3.63, 3.8) is 0 Å². The molecule has 6 heteroatoms. The van der Waals surface area contributed by atoms with Crippen molar-refractivity contribution >= 4 is 41.7 Å². The molecule has 24 heavy (non-hydrogen) atoms. The number of thioether (sulfide) groups is 1. The molecule has 0 saturated carbocycles. The zero-order chi connectivity index (χ0) is 16.6. The number of unbranched alkanes of at least 4 members (excludes halogenated alkanes) is 3. The van der Waals surface area contributed by atoms with Gasteiger partial charge in [-0.15, -0.1) is 24.0 Å². The maximum Gasteiger partial charge on any atom is 0.191 e. The third kappa shape index (κ3) is 13.6. The molecule has 1 saturated heterocycles. The Morgan fingerprint density at radius 2 is 1.79 bits per heavy atom. The van der Waals surface area contributed by atoms with Gasteiger partial charge in [-0.25, -0.2) is 0 Å². The number of hydrogen-bond acceptors (Lipinski definition) is 3. The second kappa shape index (κ2) is 18.1. The lowest BCUT2D eigenvalue weighted by molar-refractivity contribution is 0.224. The number of halogens is 1. The number of rotatable bonds is 12. The van der Waals surface area contributed by atoms with E-state index >= 15 is 0 Å². The number of nitrogens with zero attached hydrogens (tertiary/aromatic N) is 2. The number of hydrogen-bond donors (Lipinski definition) is 2. The van der Waals surface area contributed by atoms with Crippen molar-refractivity contribution in [3.05, 3.63) is 0 Å². The lowest BCUT2D eigenvalue weighted by atomic mass is 10.1. The van der Waals surface area contributed by atoms with Gasteiger partial charge in [0, 0.05) is 19.6 Å². The molecule has 0 spiro atoms. The van der Waals surface area contributed by atoms with Crippen molar-refractivity contribution in [1.82, 2.24) is 15.5 Å². The summed E-state index contributed by atoms with van der Waals surface area (Å²) < 4.78 is 0. The summed E-state index contributed by atoms with van der Waals surface area (Å²) in [4.78, 5) is 7.32. The average molecular weight is 471 g/mol. The Morgan fingerprint density at radius 1 is 1.00 bits per heavy atom. The van der Waals surface area contributed by atoms with E-state index in [1.807, 2.05) is 11.8 Å². The molecule has 0 unspecified atom stereocenters. The molecule has 0 atom stereocenters. The monoisotopic (exact) mass is 470 g/mol. The minimum Gasteiger partial charge on any atom is -0.357 e. The fourth-order valence-electron chi connectivity index (χ4n) is 2.92. The Kier molecular flexibility index (Phi) is 18.3. The zero-order valence-electron chi connectivity index (χ0n) is 15.8. The predicted molar refractivity (Wildman–Crippen MR) is 121 cm³/mol. The fraction of sp³-hybridized carbons (Fsp3) is 0.944. The number of likely N-dealkylation sites (tertiary alicyclic amines) is 1. The van der Waals surface area contributed by atoms with Gasteiger partial charge in [0.2, 0.25) is 0 Å². The van der Waals surface area contributed by atoms with Gasteiger partial charge in [0.05, 0.1) is 0 Å². The molecule has 0 radical (unpaired) electrons. The molecule has 1 rings (SSSR count). The number of aliphatic imine (C=N–C) groups is 1. The van der Waals surface area contributed by atoms with Crippen LogP contribution in [0, 0.1) is 0 Å². The SMILES string of the molecule is CCNC(=NCCCCCN1CCCCC1)NCCCCSC.I. The summed E-state index contributed by atoms with van der Waals surface area (Å²) in [7, 11) is 0. The molecular weight excluding hydrogens is 431 g/mol. The van der Waals surface area contributed by atoms with Gasteiger partial charge in [-0.3, -0.25) is 4.99 Å². The Morgan fingerprint density at radius 3 is 2.50 bits per heavy atom. The minimum atomic E-state index is 0. The third-order valence-electron chi connectivity index (χ3n) is 4.26. The van der Waals surface area contributed by atoms with E-state index in [9.17, 15) is 0 Å². The lowest BCUT2D eigenvalue weighted by Gasteiger charge is -2.26. The first-order valence-electron chi connectivity index (χ1n) is 9.60. The van der Waals surface area contributed by atoms with Crippen molar-refractivity contribution in [3.8, 4) is 0 Å². The van der Waals surface area contributed by atoms with E-state index in [4.69, 9.17) is 4.99 Å². The van der Waals surface area contributed by atoms with Crippen molar-refractivity contribution in [2.75, 3.05) is 51.3 Å². The highest BCUT2D eigenvalue weighted by Gasteiger charge is 2.08. The topological polar surface area (TPSA) is 39.7 Å². The standard InChI is InChI=1S/C18H38N4S.HI/c1-3-19-18(21-13-7-11-17-23-2)20-12-6-4-8-14-22-15-9-5-10-16-22;/h3-17H2,1-2H3,(H2,19,20,21);1H. The predicted octanol–water partition coefficient (Wildman–Crippen LogP) is 3.96. The molecule has 2 N–H and O–H groups in total. The average Bonchev–Trinajstić information content (AvgIpc) is 2.58. The van der Waals surface area contributed by atoms with Crippen LogP contribution in [-0.2, 0) is 0 Å². The van der Waals surface area contributed by atoms with Gasteiger partial charge in [-0.1, -0.05) is 12.8 Å². The van der Waals surface area contributed by atoms with Crippen molar-refractivity contribution in [2.45, 2.75) is 58.3 Å². The first-order chi connectivity index (χ1) is 11.4. The van der Waals surface area contributed by atoms with E-state index in [0.717, 1.165) is 25.6 Å². The summed E-state index contributed by atoms with van der Waals surface area (Å²) in [6, 6.07) is 0. The molecule has 0 aliphatic carbocycles. The van der Waals surface area contributed by atoms with Crippen molar-refractivity contribution < 1.29 is 0 Å². The first-order valence-corrected chi connectivity index (χ1v) is 11.0. The second-order valence-corrected chi connectivity index (χ2v) is 7.34. The summed E-state index contributed by atoms with van der Waals surface area (Å²) in [6.45, 7) is 8.97. The molecule has 1 aliphatic heterocycles. The van der Waals surface area contributed by atoms with Crippen LogP contribution in [0.5, 0.6) is 0 Å². The van der Waals surface area contributed by atoms with E-state index in [1.165, 1.54) is 76.8 Å². The van der Waals surface area contributed by atoms with Crippen molar-refractivity contribution in [2.24, 2.45) is 4.99 Å². The number of guanidine groups is 1. The summed E-state index contributed by atoms with van der Waals surface area (Å²) in [5.41, 5.74) is 0. The highest BCUT2D eigenvalue weighted by Crippen LogP contribution is 2.09. The normalized spacial score (nSPS) is 15.8. The fourth-order valence-corrected chi connectivity index (χ4v) is 3.41. The lowest BCUT2D eigenvalue weighted by Crippen LogP contribution is -2.37. The van der Waals surface area contributed by atoms with Crippen LogP contribution in [0.15, 0.2) is 4.99 Å². The van der Waals surface area contributed by atoms with Gasteiger partial charge in [-0.2, -0.15) is 11.8 Å². The Hall–Kier alpha value is 0.310. The van der Waals surface area contributed by atoms with Crippen LogP contribution in [0.1, 0.15) is 58.3 Å². The number of piperidine rings is 1. The maximum absolute atomic E-state index is 4.69. The van der Waals surface area contributed by atoms with Gasteiger partial charge in [0.1, 0.15) is 0 Å². The minimum absolute atomic E-state index is 0. The molecule has 1 heterocycles. The highest BCUT2D eigenvalue weighted by atomic mass is 127. The summed E-state index contributed by atoms with van der Waals surface area (Å²) in [5, 5.41) is 6.79. The quantitative estimate of drug-likeness (QED) is 0.196. The van der Waals surface area contributed by atoms with E-state index in [0.29, 0.717) is 0 Å². The molecule has 4 nitrogen and oxygen atoms in total. The molecule has 0 bridgehead atoms. The molecule has 1 fully saturated rings. The van der Waals surface area contributed by atoms with Crippen molar-refractivity contribution in [1.29, 1.82) is 0 Å². The molecule has 0 aromatic rings. The molecule has 144 valence electrons. The van der Waals surface area contributed by atoms with E-state index in [1.54, 1.807) is 0 Å². The van der Waals surface area contributed by atoms with E-state index in [-0.39, 0.29) is 24.0 Å². The molecule has 0 aromatic heterocycles. The maximum atomic E-state index is 4.69. The van der Waals surface area contributed by atoms with Crippen LogP contribution in [0.3, 0.4) is 0 Å². The molecule has 0 amide bonds. The van der Waals surface area contributed by atoms with Crippen LogP contribution in [0.2, 0.25) is 0 Å². The summed E-state index contributed by atoms with van der Waals surface area (Å²) >= 11 is 1.93. The van der Waals surface area contributed by atoms with Gasteiger partial charge in [-0.05, 0) is 77.1 Å². The van der Waals surface area contributed by atoms with Gasteiger partial charge in [0.25, 0.3) is 0 Å². The van der Waals surface area contributed by atoms with E-state index in [2.05, 4.69) is 28.7 Å². The van der Waals surface area contributed by atoms with Crippen LogP contribution >= 0.6 is 35.7 Å². The zero-order valence-corrected chi connectivity index (χ0v) is 19.0. The molecular formula is C18H39IN4S. The first kappa shape index (κ1) is 24.3. The van der Waals surface area contributed by atoms with Crippen LogP contribution in [-0.4, -0.2) is 62.1 Å². The van der Waals surface area contributed by atoms with Gasteiger partial charge >= 0.3 is 0 Å². The Balaban J connectivity index is 0.00000529. The molecule has 0 aromatic carbocycles. The second-order valence-electron chi connectivity index (χ2n) is 6.35. The highest BCUT2D eigenvalue weighted by molar-refractivity contribution is 14.0. The van der Waals surface area contributed by atoms with Gasteiger partial charge < -0.3 is 15.5 Å². The number of nitrogens with one attached hydrogen (secondary N) is 2.